The van der Waals surface area contributed by atoms with Crippen molar-refractivity contribution < 1.29 is 18.8 Å². The Morgan fingerprint density at radius 3 is 2.29 bits per heavy atom. The molecule has 2 fully saturated rings. The Morgan fingerprint density at radius 2 is 1.71 bits per heavy atom. The van der Waals surface area contributed by atoms with Gasteiger partial charge in [-0.2, -0.15) is 0 Å². The van der Waals surface area contributed by atoms with Gasteiger partial charge in [0.15, 0.2) is 0 Å². The Balaban J connectivity index is 1.58. The molecule has 2 aliphatic rings. The molecule has 0 aromatic heterocycles. The molecule has 0 radical (unpaired) electrons. The predicted octanol–water partition coefficient (Wildman–Crippen LogP) is 2.10. The van der Waals surface area contributed by atoms with Crippen molar-refractivity contribution >= 4 is 17.7 Å². The quantitative estimate of drug-likeness (QED) is 0.782. The molecule has 1 unspecified atom stereocenters. The molecular weight excluding hydrogens is 361 g/mol. The second-order valence-corrected chi connectivity index (χ2v) is 8.06. The highest BCUT2D eigenvalue weighted by molar-refractivity contribution is 5.97. The molecule has 1 heterocycles. The van der Waals surface area contributed by atoms with Crippen molar-refractivity contribution in [1.82, 2.24) is 15.5 Å². The normalized spacial score (nSPS) is 18.6. The molecule has 7 heteroatoms. The summed E-state index contributed by atoms with van der Waals surface area (Å²) in [4.78, 5) is 39.3. The number of rotatable bonds is 6. The maximum atomic E-state index is 13.9. The van der Waals surface area contributed by atoms with Crippen LogP contribution in [-0.4, -0.2) is 47.8 Å². The topological polar surface area (TPSA) is 78.5 Å². The van der Waals surface area contributed by atoms with Crippen molar-refractivity contribution in [2.24, 2.45) is 11.8 Å². The summed E-state index contributed by atoms with van der Waals surface area (Å²) >= 11 is 0. The van der Waals surface area contributed by atoms with E-state index in [1.54, 1.807) is 11.0 Å². The van der Waals surface area contributed by atoms with Crippen molar-refractivity contribution in [2.75, 3.05) is 13.1 Å². The van der Waals surface area contributed by atoms with Crippen LogP contribution in [0.3, 0.4) is 0 Å². The SMILES string of the molecule is CC(C)C(NC(=O)c1ccccc1F)C(=O)N1CCC(C(=O)NC2CC2)CC1. The van der Waals surface area contributed by atoms with Gasteiger partial charge in [0.2, 0.25) is 11.8 Å². The molecule has 1 aliphatic carbocycles. The van der Waals surface area contributed by atoms with E-state index < -0.39 is 17.8 Å². The maximum absolute atomic E-state index is 13.9. The zero-order valence-corrected chi connectivity index (χ0v) is 16.4. The molecule has 28 heavy (non-hydrogen) atoms. The van der Waals surface area contributed by atoms with E-state index in [-0.39, 0.29) is 29.2 Å². The number of carbonyl (C=O) groups excluding carboxylic acids is 3. The molecule has 2 N–H and O–H groups in total. The number of carbonyl (C=O) groups is 3. The van der Waals surface area contributed by atoms with Crippen LogP contribution in [0, 0.1) is 17.7 Å². The summed E-state index contributed by atoms with van der Waals surface area (Å²) in [6, 6.07) is 5.33. The molecule has 3 rings (SSSR count). The minimum atomic E-state index is -0.732. The van der Waals surface area contributed by atoms with Crippen molar-refractivity contribution in [2.45, 2.75) is 51.6 Å². The van der Waals surface area contributed by atoms with Gasteiger partial charge in [-0.3, -0.25) is 14.4 Å². The highest BCUT2D eigenvalue weighted by atomic mass is 19.1. The Labute approximate surface area is 164 Å². The van der Waals surface area contributed by atoms with Crippen LogP contribution in [0.4, 0.5) is 4.39 Å². The van der Waals surface area contributed by atoms with E-state index in [9.17, 15) is 18.8 Å². The number of hydrogen-bond donors (Lipinski definition) is 2. The monoisotopic (exact) mass is 389 g/mol. The Kier molecular flexibility index (Phi) is 6.31. The van der Waals surface area contributed by atoms with Crippen LogP contribution >= 0.6 is 0 Å². The van der Waals surface area contributed by atoms with Gasteiger partial charge in [-0.1, -0.05) is 26.0 Å². The van der Waals surface area contributed by atoms with Crippen LogP contribution in [-0.2, 0) is 9.59 Å². The van der Waals surface area contributed by atoms with Gasteiger partial charge >= 0.3 is 0 Å². The zero-order chi connectivity index (χ0) is 20.3. The number of nitrogens with zero attached hydrogens (tertiary/aromatic N) is 1. The minimum absolute atomic E-state index is 0.0600. The maximum Gasteiger partial charge on any atom is 0.254 e. The highest BCUT2D eigenvalue weighted by Crippen LogP contribution is 2.23. The van der Waals surface area contributed by atoms with E-state index in [0.29, 0.717) is 32.0 Å². The van der Waals surface area contributed by atoms with Gasteiger partial charge in [-0.25, -0.2) is 4.39 Å². The van der Waals surface area contributed by atoms with Gasteiger partial charge in [0.1, 0.15) is 11.9 Å². The fourth-order valence-corrected chi connectivity index (χ4v) is 3.48. The van der Waals surface area contributed by atoms with Crippen molar-refractivity contribution in [3.63, 3.8) is 0 Å². The second kappa shape index (κ2) is 8.71. The number of hydrogen-bond acceptors (Lipinski definition) is 3. The summed E-state index contributed by atoms with van der Waals surface area (Å²) in [6.07, 6.45) is 3.36. The van der Waals surface area contributed by atoms with Crippen LogP contribution in [0.5, 0.6) is 0 Å². The summed E-state index contributed by atoms with van der Waals surface area (Å²) in [6.45, 7) is 4.67. The van der Waals surface area contributed by atoms with Crippen molar-refractivity contribution in [3.8, 4) is 0 Å². The smallest absolute Gasteiger partial charge is 0.254 e. The van der Waals surface area contributed by atoms with Gasteiger partial charge < -0.3 is 15.5 Å². The van der Waals surface area contributed by atoms with E-state index >= 15 is 0 Å². The first-order valence-electron chi connectivity index (χ1n) is 10.0. The van der Waals surface area contributed by atoms with Crippen molar-refractivity contribution in [1.29, 1.82) is 0 Å². The van der Waals surface area contributed by atoms with Crippen LogP contribution in [0.2, 0.25) is 0 Å². The Morgan fingerprint density at radius 1 is 1.07 bits per heavy atom. The minimum Gasteiger partial charge on any atom is -0.353 e. The van der Waals surface area contributed by atoms with Gasteiger partial charge in [-0.05, 0) is 43.7 Å². The molecule has 1 atom stereocenters. The third kappa shape index (κ3) is 4.88. The summed E-state index contributed by atoms with van der Waals surface area (Å²) in [7, 11) is 0. The van der Waals surface area contributed by atoms with E-state index in [1.807, 2.05) is 13.8 Å². The van der Waals surface area contributed by atoms with E-state index in [4.69, 9.17) is 0 Å². The number of benzene rings is 1. The highest BCUT2D eigenvalue weighted by Gasteiger charge is 2.34. The summed E-state index contributed by atoms with van der Waals surface area (Å²) in [5, 5.41) is 5.71. The largest absolute Gasteiger partial charge is 0.353 e. The fraction of sp³-hybridized carbons (Fsp3) is 0.571. The first kappa shape index (κ1) is 20.3. The molecule has 3 amide bonds. The van der Waals surface area contributed by atoms with Gasteiger partial charge in [0.25, 0.3) is 5.91 Å². The lowest BCUT2D eigenvalue weighted by atomic mass is 9.94. The van der Waals surface area contributed by atoms with Gasteiger partial charge in [-0.15, -0.1) is 0 Å². The molecule has 1 aromatic rings. The number of nitrogens with one attached hydrogen (secondary N) is 2. The third-order valence-corrected chi connectivity index (χ3v) is 5.44. The molecule has 1 saturated carbocycles. The first-order chi connectivity index (χ1) is 13.4. The number of likely N-dealkylation sites (tertiary alicyclic amines) is 1. The van der Waals surface area contributed by atoms with Crippen LogP contribution in [0.25, 0.3) is 0 Å². The molecular formula is C21H28FN3O3. The molecule has 1 saturated heterocycles. The lowest BCUT2D eigenvalue weighted by Crippen LogP contribution is -2.53. The molecule has 0 bridgehead atoms. The molecule has 6 nitrogen and oxygen atoms in total. The molecule has 152 valence electrons. The Hall–Kier alpha value is -2.44. The molecule has 1 aromatic carbocycles. The van der Waals surface area contributed by atoms with Gasteiger partial charge in [0.05, 0.1) is 5.56 Å². The van der Waals surface area contributed by atoms with Crippen LogP contribution in [0.15, 0.2) is 24.3 Å². The average molecular weight is 389 g/mol. The molecule has 0 spiro atoms. The number of amides is 3. The Bertz CT molecular complexity index is 740. The molecule has 1 aliphatic heterocycles. The summed E-state index contributed by atoms with van der Waals surface area (Å²) < 4.78 is 13.9. The fourth-order valence-electron chi connectivity index (χ4n) is 3.48. The first-order valence-corrected chi connectivity index (χ1v) is 10.0. The number of piperidine rings is 1. The van der Waals surface area contributed by atoms with Crippen LogP contribution < -0.4 is 10.6 Å². The van der Waals surface area contributed by atoms with Crippen LogP contribution in [0.1, 0.15) is 49.9 Å². The van der Waals surface area contributed by atoms with E-state index in [2.05, 4.69) is 10.6 Å². The second-order valence-electron chi connectivity index (χ2n) is 8.06. The van der Waals surface area contributed by atoms with E-state index in [1.165, 1.54) is 18.2 Å². The van der Waals surface area contributed by atoms with Crippen molar-refractivity contribution in [3.05, 3.63) is 35.6 Å². The lowest BCUT2D eigenvalue weighted by Gasteiger charge is -2.35. The summed E-state index contributed by atoms with van der Waals surface area (Å²) in [5.41, 5.74) is -0.0728. The lowest BCUT2D eigenvalue weighted by molar-refractivity contribution is -0.138. The standard InChI is InChI=1S/C21H28FN3O3/c1-13(2)18(24-20(27)16-5-3-4-6-17(16)22)21(28)25-11-9-14(10-12-25)19(26)23-15-7-8-15/h3-6,13-15,18H,7-12H2,1-2H3,(H,23,26)(H,24,27). The number of halogens is 1. The predicted molar refractivity (Wildman–Crippen MR) is 103 cm³/mol. The third-order valence-electron chi connectivity index (χ3n) is 5.44. The van der Waals surface area contributed by atoms with E-state index in [0.717, 1.165) is 12.8 Å². The summed E-state index contributed by atoms with van der Waals surface area (Å²) in [5.74, 6) is -1.50. The zero-order valence-electron chi connectivity index (χ0n) is 16.4. The average Bonchev–Trinajstić information content (AvgIpc) is 3.49. The van der Waals surface area contributed by atoms with Gasteiger partial charge in [0, 0.05) is 25.0 Å².